The quantitative estimate of drug-likeness (QED) is 0.897. The molecule has 1 saturated heterocycles. The fourth-order valence-corrected chi connectivity index (χ4v) is 2.53. The van der Waals surface area contributed by atoms with Crippen LogP contribution in [0.5, 0.6) is 0 Å². The summed E-state index contributed by atoms with van der Waals surface area (Å²) in [5.41, 5.74) is 0.987. The number of carbonyl (C=O) groups is 2. The van der Waals surface area contributed by atoms with Crippen molar-refractivity contribution in [1.82, 2.24) is 10.2 Å². The van der Waals surface area contributed by atoms with Gasteiger partial charge in [0.1, 0.15) is 0 Å². The molecule has 1 unspecified atom stereocenters. The third-order valence-electron chi connectivity index (χ3n) is 3.54. The second kappa shape index (κ2) is 6.91. The van der Waals surface area contributed by atoms with E-state index in [2.05, 4.69) is 10.6 Å². The van der Waals surface area contributed by atoms with Gasteiger partial charge in [0.15, 0.2) is 0 Å². The van der Waals surface area contributed by atoms with Crippen LogP contribution in [0, 0.1) is 5.92 Å². The molecule has 2 N–H and O–H groups in total. The maximum Gasteiger partial charge on any atom is 0.254 e. The summed E-state index contributed by atoms with van der Waals surface area (Å²) in [6, 6.07) is 4.97. The second-order valence-corrected chi connectivity index (χ2v) is 5.83. The molecule has 0 bridgehead atoms. The van der Waals surface area contributed by atoms with E-state index in [1.807, 2.05) is 0 Å². The minimum atomic E-state index is -0.185. The van der Waals surface area contributed by atoms with Crippen molar-refractivity contribution in [3.05, 3.63) is 28.8 Å². The molecule has 1 heterocycles. The van der Waals surface area contributed by atoms with Gasteiger partial charge in [-0.15, -0.1) is 0 Å². The molecule has 6 heteroatoms. The van der Waals surface area contributed by atoms with Crippen molar-refractivity contribution in [2.45, 2.75) is 12.8 Å². The molecule has 1 aliphatic heterocycles. The van der Waals surface area contributed by atoms with Crippen molar-refractivity contribution in [3.63, 3.8) is 0 Å². The molecule has 2 amide bonds. The lowest BCUT2D eigenvalue weighted by atomic mass is 9.98. The predicted molar refractivity (Wildman–Crippen MR) is 83.7 cm³/mol. The molecule has 21 heavy (non-hydrogen) atoms. The van der Waals surface area contributed by atoms with Crippen LogP contribution in [-0.4, -0.2) is 43.9 Å². The van der Waals surface area contributed by atoms with Gasteiger partial charge < -0.3 is 15.5 Å². The van der Waals surface area contributed by atoms with Crippen LogP contribution in [0.1, 0.15) is 23.2 Å². The van der Waals surface area contributed by atoms with Crippen LogP contribution in [0.15, 0.2) is 18.2 Å². The summed E-state index contributed by atoms with van der Waals surface area (Å²) in [6.45, 7) is 1.66. The lowest BCUT2D eigenvalue weighted by Gasteiger charge is -2.22. The fourth-order valence-electron chi connectivity index (χ4n) is 2.33. The molecule has 1 aliphatic rings. The number of nitrogens with one attached hydrogen (secondary N) is 2. The maximum absolute atomic E-state index is 12.2. The zero-order valence-electron chi connectivity index (χ0n) is 12.3. The van der Waals surface area contributed by atoms with Crippen molar-refractivity contribution in [1.29, 1.82) is 0 Å². The molecule has 0 spiro atoms. The average molecular weight is 310 g/mol. The first-order chi connectivity index (χ1) is 9.99. The zero-order chi connectivity index (χ0) is 15.4. The van der Waals surface area contributed by atoms with Crippen LogP contribution in [0.25, 0.3) is 0 Å². The molecule has 0 aromatic heterocycles. The molecular formula is C15H20ClN3O2. The van der Waals surface area contributed by atoms with Crippen molar-refractivity contribution in [2.75, 3.05) is 32.5 Å². The number of hydrogen-bond acceptors (Lipinski definition) is 3. The Labute approximate surface area is 129 Å². The number of rotatable bonds is 3. The van der Waals surface area contributed by atoms with E-state index in [1.54, 1.807) is 32.3 Å². The Hall–Kier alpha value is -1.59. The summed E-state index contributed by atoms with van der Waals surface area (Å²) in [5, 5.41) is 6.46. The summed E-state index contributed by atoms with van der Waals surface area (Å²) in [5.74, 6) is -0.231. The van der Waals surface area contributed by atoms with E-state index < -0.39 is 0 Å². The first kappa shape index (κ1) is 15.8. The van der Waals surface area contributed by atoms with Crippen LogP contribution in [0.3, 0.4) is 0 Å². The number of amides is 2. The lowest BCUT2D eigenvalue weighted by molar-refractivity contribution is -0.120. The smallest absolute Gasteiger partial charge is 0.254 e. The van der Waals surface area contributed by atoms with Gasteiger partial charge >= 0.3 is 0 Å². The Morgan fingerprint density at radius 2 is 2.14 bits per heavy atom. The van der Waals surface area contributed by atoms with E-state index in [1.165, 1.54) is 4.90 Å². The molecule has 0 aliphatic carbocycles. The van der Waals surface area contributed by atoms with Gasteiger partial charge in [-0.3, -0.25) is 9.59 Å². The van der Waals surface area contributed by atoms with Gasteiger partial charge in [-0.2, -0.15) is 0 Å². The number of benzene rings is 1. The summed E-state index contributed by atoms with van der Waals surface area (Å²) in [4.78, 5) is 25.7. The third kappa shape index (κ3) is 3.95. The van der Waals surface area contributed by atoms with Crippen LogP contribution >= 0.6 is 11.6 Å². The molecule has 5 nitrogen and oxygen atoms in total. The Balaban J connectivity index is 2.11. The van der Waals surface area contributed by atoms with Crippen LogP contribution in [-0.2, 0) is 4.79 Å². The van der Waals surface area contributed by atoms with E-state index in [9.17, 15) is 9.59 Å². The number of hydrogen-bond donors (Lipinski definition) is 2. The molecule has 2 rings (SSSR count). The second-order valence-electron chi connectivity index (χ2n) is 5.43. The molecule has 1 atom stereocenters. The van der Waals surface area contributed by atoms with Crippen molar-refractivity contribution < 1.29 is 9.59 Å². The molecule has 0 saturated carbocycles. The highest BCUT2D eigenvalue weighted by Crippen LogP contribution is 2.22. The monoisotopic (exact) mass is 309 g/mol. The van der Waals surface area contributed by atoms with Gasteiger partial charge in [-0.1, -0.05) is 11.6 Å². The first-order valence-corrected chi connectivity index (χ1v) is 7.39. The molecule has 1 fully saturated rings. The van der Waals surface area contributed by atoms with Crippen molar-refractivity contribution in [3.8, 4) is 0 Å². The van der Waals surface area contributed by atoms with E-state index in [0.717, 1.165) is 19.4 Å². The first-order valence-electron chi connectivity index (χ1n) is 7.02. The standard InChI is InChI=1S/C15H20ClN3O2/c1-19(2)15(21)12-8-11(5-6-13(12)16)18-14(20)10-4-3-7-17-9-10/h5-6,8,10,17H,3-4,7,9H2,1-2H3,(H,18,20). The molecular weight excluding hydrogens is 290 g/mol. The van der Waals surface area contributed by atoms with E-state index in [0.29, 0.717) is 22.8 Å². The Bertz CT molecular complexity index is 540. The van der Waals surface area contributed by atoms with Crippen LogP contribution in [0.2, 0.25) is 5.02 Å². The summed E-state index contributed by atoms with van der Waals surface area (Å²) < 4.78 is 0. The highest BCUT2D eigenvalue weighted by Gasteiger charge is 2.21. The Morgan fingerprint density at radius 3 is 2.76 bits per heavy atom. The SMILES string of the molecule is CN(C)C(=O)c1cc(NC(=O)C2CCCNC2)ccc1Cl. The predicted octanol–water partition coefficient (Wildman–Crippen LogP) is 1.98. The highest BCUT2D eigenvalue weighted by molar-refractivity contribution is 6.34. The summed E-state index contributed by atoms with van der Waals surface area (Å²) in [7, 11) is 3.33. The number of carbonyl (C=O) groups excluding carboxylic acids is 2. The molecule has 1 aromatic rings. The van der Waals surface area contributed by atoms with Gasteiger partial charge in [0.25, 0.3) is 5.91 Å². The van der Waals surface area contributed by atoms with E-state index >= 15 is 0 Å². The largest absolute Gasteiger partial charge is 0.345 e. The van der Waals surface area contributed by atoms with Crippen molar-refractivity contribution >= 4 is 29.1 Å². The van der Waals surface area contributed by atoms with Crippen LogP contribution in [0.4, 0.5) is 5.69 Å². The van der Waals surface area contributed by atoms with Gasteiger partial charge in [-0.25, -0.2) is 0 Å². The van der Waals surface area contributed by atoms with Crippen molar-refractivity contribution in [2.24, 2.45) is 5.92 Å². The van der Waals surface area contributed by atoms with Gasteiger partial charge in [-0.05, 0) is 37.6 Å². The fraction of sp³-hybridized carbons (Fsp3) is 0.467. The Morgan fingerprint density at radius 1 is 1.38 bits per heavy atom. The molecule has 0 radical (unpaired) electrons. The normalized spacial score (nSPS) is 18.1. The minimum absolute atomic E-state index is 0.0206. The molecule has 114 valence electrons. The number of halogens is 1. The number of anilines is 1. The van der Waals surface area contributed by atoms with Gasteiger partial charge in [0, 0.05) is 26.3 Å². The number of nitrogens with zero attached hydrogens (tertiary/aromatic N) is 1. The third-order valence-corrected chi connectivity index (χ3v) is 3.87. The lowest BCUT2D eigenvalue weighted by Crippen LogP contribution is -2.37. The zero-order valence-corrected chi connectivity index (χ0v) is 13.0. The average Bonchev–Trinajstić information content (AvgIpc) is 2.49. The highest BCUT2D eigenvalue weighted by atomic mass is 35.5. The van der Waals surface area contributed by atoms with Gasteiger partial charge in [0.2, 0.25) is 5.91 Å². The van der Waals surface area contributed by atoms with Gasteiger partial charge in [0.05, 0.1) is 16.5 Å². The van der Waals surface area contributed by atoms with E-state index in [4.69, 9.17) is 11.6 Å². The minimum Gasteiger partial charge on any atom is -0.345 e. The summed E-state index contributed by atoms with van der Waals surface area (Å²) >= 11 is 6.05. The van der Waals surface area contributed by atoms with E-state index in [-0.39, 0.29) is 17.7 Å². The molecule has 1 aromatic carbocycles. The summed E-state index contributed by atoms with van der Waals surface area (Å²) in [6.07, 6.45) is 1.89. The maximum atomic E-state index is 12.2. The number of piperidine rings is 1. The Kier molecular flexibility index (Phi) is 5.20. The topological polar surface area (TPSA) is 61.4 Å². The van der Waals surface area contributed by atoms with Crippen LogP contribution < -0.4 is 10.6 Å².